The molecule has 1 atom stereocenters. The van der Waals surface area contributed by atoms with Crippen molar-refractivity contribution in [3.05, 3.63) is 18.2 Å². The van der Waals surface area contributed by atoms with E-state index in [1.54, 1.807) is 0 Å². The van der Waals surface area contributed by atoms with E-state index in [9.17, 15) is 0 Å². The summed E-state index contributed by atoms with van der Waals surface area (Å²) in [6.45, 7) is 4.24. The van der Waals surface area contributed by atoms with Gasteiger partial charge in [0.2, 0.25) is 0 Å². The van der Waals surface area contributed by atoms with Crippen LogP contribution in [0.1, 0.15) is 38.6 Å². The molecule has 0 fully saturated rings. The second kappa shape index (κ2) is 5.10. The van der Waals surface area contributed by atoms with Crippen LogP contribution in [0.5, 0.6) is 0 Å². The van der Waals surface area contributed by atoms with Gasteiger partial charge in [-0.3, -0.25) is 0 Å². The van der Waals surface area contributed by atoms with Crippen molar-refractivity contribution < 1.29 is 0 Å². The quantitative estimate of drug-likeness (QED) is 0.758. The molecule has 14 heavy (non-hydrogen) atoms. The summed E-state index contributed by atoms with van der Waals surface area (Å²) in [4.78, 5) is 4.87. The van der Waals surface area contributed by atoms with Gasteiger partial charge in [-0.25, -0.2) is 4.98 Å². The molecule has 1 aromatic rings. The minimum absolute atomic E-state index is 0.366. The molecule has 0 aliphatic heterocycles. The van der Waals surface area contributed by atoms with Crippen LogP contribution in [0.25, 0.3) is 0 Å². The molecule has 3 nitrogen and oxygen atoms in total. The SMILES string of the molecule is CCc1nccn1C(CC)CC(N)=S. The third-order valence-electron chi connectivity index (χ3n) is 2.37. The van der Waals surface area contributed by atoms with Gasteiger partial charge in [0.1, 0.15) is 5.82 Å². The maximum atomic E-state index is 5.56. The highest BCUT2D eigenvalue weighted by molar-refractivity contribution is 7.80. The molecule has 0 bridgehead atoms. The maximum absolute atomic E-state index is 5.56. The zero-order chi connectivity index (χ0) is 10.6. The molecule has 0 radical (unpaired) electrons. The van der Waals surface area contributed by atoms with E-state index >= 15 is 0 Å². The molecule has 0 saturated heterocycles. The Kier molecular flexibility index (Phi) is 4.07. The molecule has 0 amide bonds. The molecule has 78 valence electrons. The van der Waals surface area contributed by atoms with Gasteiger partial charge >= 0.3 is 0 Å². The van der Waals surface area contributed by atoms with Gasteiger partial charge in [0, 0.05) is 31.3 Å². The van der Waals surface area contributed by atoms with Crippen molar-refractivity contribution in [2.75, 3.05) is 0 Å². The molecule has 2 N–H and O–H groups in total. The lowest BCUT2D eigenvalue weighted by Crippen LogP contribution is -2.18. The second-order valence-electron chi connectivity index (χ2n) is 3.34. The summed E-state index contributed by atoms with van der Waals surface area (Å²) in [6.07, 6.45) is 6.57. The van der Waals surface area contributed by atoms with E-state index in [4.69, 9.17) is 18.0 Å². The molecule has 1 rings (SSSR count). The van der Waals surface area contributed by atoms with Gasteiger partial charge in [0.05, 0.1) is 4.99 Å². The molecule has 1 heterocycles. The molecule has 0 aliphatic carbocycles. The average Bonchev–Trinajstić information content (AvgIpc) is 2.61. The molecular weight excluding hydrogens is 194 g/mol. The lowest BCUT2D eigenvalue weighted by atomic mass is 10.1. The molecule has 0 aromatic carbocycles. The Morgan fingerprint density at radius 3 is 2.86 bits per heavy atom. The standard InChI is InChI=1S/C10H17N3S/c1-3-8(7-9(11)14)13-6-5-12-10(13)4-2/h5-6,8H,3-4,7H2,1-2H3,(H2,11,14). The fraction of sp³-hybridized carbons (Fsp3) is 0.600. The van der Waals surface area contributed by atoms with E-state index in [0.29, 0.717) is 11.0 Å². The van der Waals surface area contributed by atoms with Crippen LogP contribution in [-0.4, -0.2) is 14.5 Å². The van der Waals surface area contributed by atoms with E-state index in [0.717, 1.165) is 25.1 Å². The van der Waals surface area contributed by atoms with Crippen LogP contribution in [0.4, 0.5) is 0 Å². The van der Waals surface area contributed by atoms with Crippen LogP contribution in [0.15, 0.2) is 12.4 Å². The number of imidazole rings is 1. The molecule has 0 saturated carbocycles. The highest BCUT2D eigenvalue weighted by Crippen LogP contribution is 2.18. The zero-order valence-electron chi connectivity index (χ0n) is 8.73. The Morgan fingerprint density at radius 2 is 2.36 bits per heavy atom. The van der Waals surface area contributed by atoms with Crippen molar-refractivity contribution in [3.63, 3.8) is 0 Å². The molecule has 0 spiro atoms. The maximum Gasteiger partial charge on any atom is 0.108 e. The first-order valence-corrected chi connectivity index (χ1v) is 5.39. The second-order valence-corrected chi connectivity index (χ2v) is 3.86. The Morgan fingerprint density at radius 1 is 1.64 bits per heavy atom. The van der Waals surface area contributed by atoms with E-state index in [2.05, 4.69) is 23.4 Å². The Labute approximate surface area is 90.3 Å². The van der Waals surface area contributed by atoms with Crippen LogP contribution in [-0.2, 0) is 6.42 Å². The fourth-order valence-electron chi connectivity index (χ4n) is 1.62. The van der Waals surface area contributed by atoms with Crippen molar-refractivity contribution >= 4 is 17.2 Å². The summed E-state index contributed by atoms with van der Waals surface area (Å²) in [7, 11) is 0. The lowest BCUT2D eigenvalue weighted by molar-refractivity contribution is 0.486. The average molecular weight is 211 g/mol. The van der Waals surface area contributed by atoms with Crippen LogP contribution in [0, 0.1) is 0 Å². The predicted octanol–water partition coefficient (Wildman–Crippen LogP) is 2.07. The van der Waals surface area contributed by atoms with Gasteiger partial charge < -0.3 is 10.3 Å². The summed E-state index contributed by atoms with van der Waals surface area (Å²) in [5.41, 5.74) is 5.56. The Balaban J connectivity index is 2.82. The molecule has 1 aromatic heterocycles. The van der Waals surface area contributed by atoms with Crippen molar-refractivity contribution in [3.8, 4) is 0 Å². The lowest BCUT2D eigenvalue weighted by Gasteiger charge is -2.18. The smallest absolute Gasteiger partial charge is 0.108 e. The van der Waals surface area contributed by atoms with E-state index in [1.807, 2.05) is 12.4 Å². The highest BCUT2D eigenvalue weighted by Gasteiger charge is 2.12. The van der Waals surface area contributed by atoms with Crippen molar-refractivity contribution in [2.45, 2.75) is 39.2 Å². The van der Waals surface area contributed by atoms with Gasteiger partial charge in [0.15, 0.2) is 0 Å². The van der Waals surface area contributed by atoms with Crippen LogP contribution < -0.4 is 5.73 Å². The Hall–Kier alpha value is -0.900. The molecule has 1 unspecified atom stereocenters. The largest absolute Gasteiger partial charge is 0.393 e. The van der Waals surface area contributed by atoms with Crippen LogP contribution in [0.3, 0.4) is 0 Å². The van der Waals surface area contributed by atoms with Gasteiger partial charge in [-0.15, -0.1) is 0 Å². The van der Waals surface area contributed by atoms with Crippen molar-refractivity contribution in [2.24, 2.45) is 5.73 Å². The van der Waals surface area contributed by atoms with Crippen molar-refractivity contribution in [1.29, 1.82) is 0 Å². The molecule has 0 aliphatic rings. The summed E-state index contributed by atoms with van der Waals surface area (Å²) < 4.78 is 2.18. The predicted molar refractivity (Wildman–Crippen MR) is 62.3 cm³/mol. The van der Waals surface area contributed by atoms with Gasteiger partial charge in [-0.2, -0.15) is 0 Å². The first-order valence-electron chi connectivity index (χ1n) is 4.99. The Bertz CT molecular complexity index is 306. The minimum atomic E-state index is 0.366. The first-order chi connectivity index (χ1) is 6.69. The molecule has 4 heteroatoms. The van der Waals surface area contributed by atoms with E-state index < -0.39 is 0 Å². The van der Waals surface area contributed by atoms with E-state index in [1.165, 1.54) is 0 Å². The number of rotatable bonds is 5. The minimum Gasteiger partial charge on any atom is -0.393 e. The number of hydrogen-bond acceptors (Lipinski definition) is 2. The topological polar surface area (TPSA) is 43.8 Å². The van der Waals surface area contributed by atoms with Gasteiger partial charge in [-0.1, -0.05) is 26.1 Å². The summed E-state index contributed by atoms with van der Waals surface area (Å²) >= 11 is 4.94. The number of aromatic nitrogens is 2. The number of nitrogens with zero attached hydrogens (tertiary/aromatic N) is 2. The monoisotopic (exact) mass is 211 g/mol. The highest BCUT2D eigenvalue weighted by atomic mass is 32.1. The summed E-state index contributed by atoms with van der Waals surface area (Å²) in [5, 5.41) is 0. The summed E-state index contributed by atoms with van der Waals surface area (Å²) in [6, 6.07) is 0.366. The fourth-order valence-corrected chi connectivity index (χ4v) is 1.81. The van der Waals surface area contributed by atoms with Crippen LogP contribution >= 0.6 is 12.2 Å². The first kappa shape index (κ1) is 11.2. The molecular formula is C10H17N3S. The third kappa shape index (κ3) is 2.54. The zero-order valence-corrected chi connectivity index (χ0v) is 9.55. The van der Waals surface area contributed by atoms with E-state index in [-0.39, 0.29) is 0 Å². The van der Waals surface area contributed by atoms with Crippen LogP contribution in [0.2, 0.25) is 0 Å². The summed E-state index contributed by atoms with van der Waals surface area (Å²) in [5.74, 6) is 1.10. The third-order valence-corrected chi connectivity index (χ3v) is 2.53. The van der Waals surface area contributed by atoms with Gasteiger partial charge in [-0.05, 0) is 6.42 Å². The van der Waals surface area contributed by atoms with Crippen molar-refractivity contribution in [1.82, 2.24) is 9.55 Å². The number of hydrogen-bond donors (Lipinski definition) is 1. The number of thiocarbonyl (C=S) groups is 1. The number of nitrogens with two attached hydrogens (primary N) is 1. The van der Waals surface area contributed by atoms with Gasteiger partial charge in [0.25, 0.3) is 0 Å². The number of aryl methyl sites for hydroxylation is 1. The normalized spacial score (nSPS) is 12.7.